The van der Waals surface area contributed by atoms with Gasteiger partial charge in [-0.3, -0.25) is 19.1 Å². The number of fused-ring (bicyclic) bond motifs is 1. The number of nitrogens with zero attached hydrogens (tertiary/aromatic N) is 2. The van der Waals surface area contributed by atoms with Crippen LogP contribution in [0.3, 0.4) is 0 Å². The van der Waals surface area contributed by atoms with Gasteiger partial charge in [0.1, 0.15) is 5.75 Å². The average molecular weight is 460 g/mol. The number of ether oxygens (including phenoxy) is 1. The molecule has 0 aliphatic carbocycles. The SMILES string of the molecule is CN(CCCOc1cccc(S(C)(=O)=O)c1)C(=O)CCn1c(=O)[nH]c(=O)c2ccccc21. The molecule has 1 aromatic heterocycles. The molecular formula is C22H25N3O6S. The molecule has 0 fully saturated rings. The molecule has 0 unspecified atom stereocenters. The van der Waals surface area contributed by atoms with Crippen molar-refractivity contribution in [1.29, 1.82) is 0 Å². The molecule has 0 radical (unpaired) electrons. The van der Waals surface area contributed by atoms with Crippen LogP contribution in [0.15, 0.2) is 63.0 Å². The van der Waals surface area contributed by atoms with Crippen LogP contribution in [-0.4, -0.2) is 55.2 Å². The summed E-state index contributed by atoms with van der Waals surface area (Å²) in [5.74, 6) is 0.303. The Hall–Kier alpha value is -3.40. The smallest absolute Gasteiger partial charge is 0.328 e. The number of aromatic amines is 1. The average Bonchev–Trinajstić information content (AvgIpc) is 2.76. The predicted octanol–water partition coefficient (Wildman–Crippen LogP) is 1.41. The van der Waals surface area contributed by atoms with Gasteiger partial charge in [0.2, 0.25) is 5.91 Å². The van der Waals surface area contributed by atoms with Crippen LogP contribution in [-0.2, 0) is 21.2 Å². The molecule has 170 valence electrons. The summed E-state index contributed by atoms with van der Waals surface area (Å²) in [5, 5.41) is 0.394. The Labute approximate surface area is 185 Å². The summed E-state index contributed by atoms with van der Waals surface area (Å²) < 4.78 is 30.2. The van der Waals surface area contributed by atoms with Crippen LogP contribution in [0.25, 0.3) is 10.9 Å². The molecule has 1 N–H and O–H groups in total. The molecule has 0 spiro atoms. The molecule has 3 rings (SSSR count). The topological polar surface area (TPSA) is 119 Å². The lowest BCUT2D eigenvalue weighted by atomic mass is 10.2. The summed E-state index contributed by atoms with van der Waals surface area (Å²) in [6.45, 7) is 0.898. The van der Waals surface area contributed by atoms with Gasteiger partial charge in [-0.25, -0.2) is 13.2 Å². The zero-order valence-electron chi connectivity index (χ0n) is 17.9. The van der Waals surface area contributed by atoms with E-state index >= 15 is 0 Å². The molecule has 32 heavy (non-hydrogen) atoms. The van der Waals surface area contributed by atoms with Gasteiger partial charge in [0.15, 0.2) is 9.84 Å². The van der Waals surface area contributed by atoms with Crippen LogP contribution < -0.4 is 16.0 Å². The number of aryl methyl sites for hydroxylation is 1. The maximum Gasteiger partial charge on any atom is 0.328 e. The third kappa shape index (κ3) is 5.64. The van der Waals surface area contributed by atoms with E-state index in [1.54, 1.807) is 48.3 Å². The first kappa shape index (κ1) is 23.3. The minimum atomic E-state index is -3.31. The largest absolute Gasteiger partial charge is 0.493 e. The Kier molecular flexibility index (Phi) is 7.14. The second kappa shape index (κ2) is 9.82. The van der Waals surface area contributed by atoms with E-state index in [4.69, 9.17) is 4.74 Å². The summed E-state index contributed by atoms with van der Waals surface area (Å²) >= 11 is 0. The number of aromatic nitrogens is 2. The van der Waals surface area contributed by atoms with Crippen molar-refractivity contribution in [3.05, 3.63) is 69.4 Å². The minimum Gasteiger partial charge on any atom is -0.493 e. The van der Waals surface area contributed by atoms with Gasteiger partial charge in [0.05, 0.1) is 22.4 Å². The van der Waals surface area contributed by atoms with Crippen LogP contribution in [0.2, 0.25) is 0 Å². The molecule has 0 bridgehead atoms. The number of hydrogen-bond acceptors (Lipinski definition) is 6. The highest BCUT2D eigenvalue weighted by Crippen LogP contribution is 2.17. The monoisotopic (exact) mass is 459 g/mol. The number of hydrogen-bond donors (Lipinski definition) is 1. The lowest BCUT2D eigenvalue weighted by Gasteiger charge is -2.18. The number of carbonyl (C=O) groups is 1. The van der Waals surface area contributed by atoms with Crippen molar-refractivity contribution in [3.63, 3.8) is 0 Å². The Morgan fingerprint density at radius 1 is 1.12 bits per heavy atom. The van der Waals surface area contributed by atoms with Crippen molar-refractivity contribution in [2.45, 2.75) is 24.3 Å². The number of para-hydroxylation sites is 1. The van der Waals surface area contributed by atoms with Crippen LogP contribution in [0.4, 0.5) is 0 Å². The molecule has 0 aliphatic rings. The van der Waals surface area contributed by atoms with Crippen molar-refractivity contribution >= 4 is 26.6 Å². The highest BCUT2D eigenvalue weighted by molar-refractivity contribution is 7.90. The summed E-state index contributed by atoms with van der Waals surface area (Å²) in [5.41, 5.74) is -0.511. The van der Waals surface area contributed by atoms with E-state index in [9.17, 15) is 22.8 Å². The first-order valence-corrected chi connectivity index (χ1v) is 11.9. The molecule has 1 heterocycles. The second-order valence-corrected chi connectivity index (χ2v) is 9.46. The normalized spacial score (nSPS) is 11.4. The third-order valence-corrected chi connectivity index (χ3v) is 6.13. The zero-order chi connectivity index (χ0) is 23.3. The van der Waals surface area contributed by atoms with E-state index in [0.717, 1.165) is 6.26 Å². The van der Waals surface area contributed by atoms with Gasteiger partial charge in [-0.05, 0) is 36.8 Å². The first-order valence-electron chi connectivity index (χ1n) is 10.1. The van der Waals surface area contributed by atoms with Gasteiger partial charge >= 0.3 is 5.69 Å². The molecule has 2 aromatic carbocycles. The Bertz CT molecular complexity index is 1340. The number of nitrogens with one attached hydrogen (secondary N) is 1. The number of benzene rings is 2. The highest BCUT2D eigenvalue weighted by atomic mass is 32.2. The Morgan fingerprint density at radius 3 is 2.62 bits per heavy atom. The number of H-pyrrole nitrogens is 1. The van der Waals surface area contributed by atoms with Gasteiger partial charge in [0.25, 0.3) is 5.56 Å². The molecule has 10 heteroatoms. The van der Waals surface area contributed by atoms with E-state index < -0.39 is 21.1 Å². The van der Waals surface area contributed by atoms with Gasteiger partial charge in [-0.15, -0.1) is 0 Å². The third-order valence-electron chi connectivity index (χ3n) is 5.02. The van der Waals surface area contributed by atoms with Crippen LogP contribution in [0, 0.1) is 0 Å². The van der Waals surface area contributed by atoms with Crippen molar-refractivity contribution < 1.29 is 17.9 Å². The molecule has 0 aliphatic heterocycles. The van der Waals surface area contributed by atoms with Crippen LogP contribution >= 0.6 is 0 Å². The van der Waals surface area contributed by atoms with E-state index in [1.165, 1.54) is 16.7 Å². The van der Waals surface area contributed by atoms with E-state index in [-0.39, 0.29) is 23.8 Å². The molecule has 3 aromatic rings. The maximum atomic E-state index is 12.5. The Balaban J connectivity index is 1.52. The number of carbonyl (C=O) groups excluding carboxylic acids is 1. The molecule has 0 saturated heterocycles. The zero-order valence-corrected chi connectivity index (χ0v) is 18.7. The predicted molar refractivity (Wildman–Crippen MR) is 121 cm³/mol. The molecule has 0 atom stereocenters. The lowest BCUT2D eigenvalue weighted by Crippen LogP contribution is -2.33. The minimum absolute atomic E-state index is 0.101. The number of rotatable bonds is 9. The number of amides is 1. The number of sulfone groups is 1. The van der Waals surface area contributed by atoms with Gasteiger partial charge in [-0.1, -0.05) is 18.2 Å². The Morgan fingerprint density at radius 2 is 1.88 bits per heavy atom. The summed E-state index contributed by atoms with van der Waals surface area (Å²) in [4.78, 5) is 40.6. The standard InChI is InChI=1S/C22H25N3O6S/c1-24(12-6-14-31-16-7-5-8-17(15-16)32(2,29)30)20(26)11-13-25-19-10-4-3-9-18(19)21(27)23-22(25)28/h3-5,7-10,15H,6,11-14H2,1-2H3,(H,23,27,28). The van der Waals surface area contributed by atoms with Crippen molar-refractivity contribution in [2.24, 2.45) is 0 Å². The lowest BCUT2D eigenvalue weighted by molar-refractivity contribution is -0.130. The fourth-order valence-electron chi connectivity index (χ4n) is 3.27. The maximum absolute atomic E-state index is 12.5. The quantitative estimate of drug-likeness (QED) is 0.484. The van der Waals surface area contributed by atoms with E-state index in [2.05, 4.69) is 4.98 Å². The van der Waals surface area contributed by atoms with Crippen molar-refractivity contribution in [1.82, 2.24) is 14.5 Å². The second-order valence-electron chi connectivity index (χ2n) is 7.44. The summed E-state index contributed by atoms with van der Waals surface area (Å²) in [6.07, 6.45) is 1.78. The van der Waals surface area contributed by atoms with E-state index in [0.29, 0.717) is 36.2 Å². The van der Waals surface area contributed by atoms with Gasteiger partial charge < -0.3 is 9.64 Å². The molecule has 9 nitrogen and oxygen atoms in total. The first-order chi connectivity index (χ1) is 15.2. The molecule has 1 amide bonds. The van der Waals surface area contributed by atoms with Crippen molar-refractivity contribution in [2.75, 3.05) is 26.5 Å². The fraction of sp³-hybridized carbons (Fsp3) is 0.318. The summed E-state index contributed by atoms with van der Waals surface area (Å²) in [7, 11) is -1.64. The van der Waals surface area contributed by atoms with Gasteiger partial charge in [-0.2, -0.15) is 0 Å². The summed E-state index contributed by atoms with van der Waals surface area (Å²) in [6, 6.07) is 13.0. The fourth-order valence-corrected chi connectivity index (χ4v) is 3.93. The molecule has 0 saturated carbocycles. The highest BCUT2D eigenvalue weighted by Gasteiger charge is 2.12. The van der Waals surface area contributed by atoms with Gasteiger partial charge in [0, 0.05) is 32.8 Å². The van der Waals surface area contributed by atoms with E-state index in [1.807, 2.05) is 0 Å². The van der Waals surface area contributed by atoms with Crippen molar-refractivity contribution in [3.8, 4) is 5.75 Å². The van der Waals surface area contributed by atoms with Crippen LogP contribution in [0.5, 0.6) is 5.75 Å². The molecular weight excluding hydrogens is 434 g/mol. The van der Waals surface area contributed by atoms with Crippen LogP contribution in [0.1, 0.15) is 12.8 Å².